The van der Waals surface area contributed by atoms with Gasteiger partial charge >= 0.3 is 0 Å². The third kappa shape index (κ3) is 3.00. The fraction of sp³-hybridized carbons (Fsp3) is 0.143. The molecule has 1 radical (unpaired) electrons. The Kier molecular flexibility index (Phi) is 4.69. The predicted molar refractivity (Wildman–Crippen MR) is 60.2 cm³/mol. The van der Waals surface area contributed by atoms with Crippen molar-refractivity contribution in [3.63, 3.8) is 0 Å². The number of hydrogen-bond acceptors (Lipinski definition) is 0. The first-order valence-electron chi connectivity index (χ1n) is 4.81. The van der Waals surface area contributed by atoms with Crippen LogP contribution in [0.1, 0.15) is 11.1 Å². The second-order valence-electron chi connectivity index (χ2n) is 3.61. The van der Waals surface area contributed by atoms with Gasteiger partial charge in [-0.15, -0.1) is 5.56 Å². The van der Waals surface area contributed by atoms with Crippen molar-refractivity contribution in [3.8, 4) is 11.1 Å². The molecule has 0 atom stereocenters. The Morgan fingerprint density at radius 3 is 2.47 bits per heavy atom. The number of rotatable bonds is 1. The van der Waals surface area contributed by atoms with E-state index >= 15 is 0 Å². The summed E-state index contributed by atoms with van der Waals surface area (Å²) in [5, 5.41) is 0. The molecule has 0 saturated heterocycles. The summed E-state index contributed by atoms with van der Waals surface area (Å²) in [6.07, 6.45) is 0. The zero-order valence-corrected chi connectivity index (χ0v) is 12.0. The summed E-state index contributed by atoms with van der Waals surface area (Å²) in [6.45, 7) is 4.27. The molecule has 0 heterocycles. The molecule has 0 spiro atoms. The molecule has 0 unspecified atom stereocenters. The fourth-order valence-electron chi connectivity index (χ4n) is 1.70. The molecule has 0 saturated carbocycles. The van der Waals surface area contributed by atoms with Gasteiger partial charge in [0, 0.05) is 32.7 Å². The second-order valence-corrected chi connectivity index (χ2v) is 3.61. The van der Waals surface area contributed by atoms with E-state index in [9.17, 15) is 0 Å². The van der Waals surface area contributed by atoms with Gasteiger partial charge in [-0.05, 0) is 13.8 Å². The Morgan fingerprint density at radius 2 is 1.87 bits per heavy atom. The summed E-state index contributed by atoms with van der Waals surface area (Å²) in [5.74, 6) is 0. The SMILES string of the molecule is Cc1ccc(-c2c[c-]ccc2)c(C)c1.[Y]. The summed E-state index contributed by atoms with van der Waals surface area (Å²) >= 11 is 0. The predicted octanol–water partition coefficient (Wildman–Crippen LogP) is 3.77. The molecule has 0 N–H and O–H groups in total. The molecule has 73 valence electrons. The van der Waals surface area contributed by atoms with Gasteiger partial charge in [-0.1, -0.05) is 34.9 Å². The molecule has 0 aliphatic heterocycles. The van der Waals surface area contributed by atoms with E-state index in [0.717, 1.165) is 0 Å². The number of aryl methyl sites for hydroxylation is 2. The molecule has 0 amide bonds. The maximum Gasteiger partial charge on any atom is 0 e. The van der Waals surface area contributed by atoms with Crippen LogP contribution in [0.2, 0.25) is 0 Å². The first-order valence-corrected chi connectivity index (χ1v) is 4.81. The van der Waals surface area contributed by atoms with Gasteiger partial charge in [0.05, 0.1) is 0 Å². The first-order chi connectivity index (χ1) is 6.77. The van der Waals surface area contributed by atoms with Gasteiger partial charge in [0.2, 0.25) is 0 Å². The fourth-order valence-corrected chi connectivity index (χ4v) is 1.70. The van der Waals surface area contributed by atoms with Crippen LogP contribution < -0.4 is 0 Å². The molecule has 0 aliphatic carbocycles. The van der Waals surface area contributed by atoms with Crippen LogP contribution in [0.4, 0.5) is 0 Å². The zero-order valence-electron chi connectivity index (χ0n) is 9.12. The van der Waals surface area contributed by atoms with E-state index in [0.29, 0.717) is 0 Å². The molecule has 15 heavy (non-hydrogen) atoms. The monoisotopic (exact) mass is 270 g/mol. The van der Waals surface area contributed by atoms with Gasteiger partial charge in [0.1, 0.15) is 0 Å². The number of hydrogen-bond donors (Lipinski definition) is 0. The standard InChI is InChI=1S/C14H13.Y/c1-11-8-9-14(12(2)10-11)13-6-4-3-5-7-13;/h3-4,6-10H,1-2H3;/q-1;. The third-order valence-electron chi connectivity index (χ3n) is 2.40. The van der Waals surface area contributed by atoms with E-state index in [-0.39, 0.29) is 32.7 Å². The summed E-state index contributed by atoms with van der Waals surface area (Å²) in [4.78, 5) is 0. The van der Waals surface area contributed by atoms with E-state index in [2.05, 4.69) is 44.2 Å². The Morgan fingerprint density at radius 1 is 1.07 bits per heavy atom. The van der Waals surface area contributed by atoms with E-state index in [1.165, 1.54) is 22.3 Å². The minimum Gasteiger partial charge on any atom is -0.183 e. The van der Waals surface area contributed by atoms with Crippen LogP contribution in [0.15, 0.2) is 42.5 Å². The van der Waals surface area contributed by atoms with Crippen LogP contribution in [-0.2, 0) is 32.7 Å². The largest absolute Gasteiger partial charge is 0.183 e. The number of benzene rings is 2. The molecule has 0 aromatic heterocycles. The van der Waals surface area contributed by atoms with Crippen LogP contribution >= 0.6 is 0 Å². The quantitative estimate of drug-likeness (QED) is 0.692. The maximum absolute atomic E-state index is 3.10. The third-order valence-corrected chi connectivity index (χ3v) is 2.40. The smallest absolute Gasteiger partial charge is 0 e. The van der Waals surface area contributed by atoms with E-state index in [1.54, 1.807) is 0 Å². The van der Waals surface area contributed by atoms with E-state index < -0.39 is 0 Å². The van der Waals surface area contributed by atoms with Crippen LogP contribution in [-0.4, -0.2) is 0 Å². The van der Waals surface area contributed by atoms with Crippen molar-refractivity contribution in [2.24, 2.45) is 0 Å². The Bertz CT molecular complexity index is 432. The molecule has 0 nitrogen and oxygen atoms in total. The van der Waals surface area contributed by atoms with Gasteiger partial charge in [0.15, 0.2) is 0 Å². The Labute approximate surface area is 117 Å². The van der Waals surface area contributed by atoms with Crippen molar-refractivity contribution in [2.45, 2.75) is 13.8 Å². The molecule has 2 rings (SSSR count). The average molecular weight is 270 g/mol. The molecule has 0 aliphatic rings. The van der Waals surface area contributed by atoms with Crippen LogP contribution in [0.3, 0.4) is 0 Å². The molecule has 0 bridgehead atoms. The molecular weight excluding hydrogens is 257 g/mol. The molecule has 0 fully saturated rings. The van der Waals surface area contributed by atoms with Crippen molar-refractivity contribution < 1.29 is 32.7 Å². The van der Waals surface area contributed by atoms with Crippen LogP contribution in [0.5, 0.6) is 0 Å². The van der Waals surface area contributed by atoms with Crippen molar-refractivity contribution in [2.75, 3.05) is 0 Å². The topological polar surface area (TPSA) is 0 Å². The molecular formula is C14H13Y-. The Hall–Kier alpha value is -0.456. The van der Waals surface area contributed by atoms with Gasteiger partial charge in [-0.2, -0.15) is 30.3 Å². The van der Waals surface area contributed by atoms with Gasteiger partial charge < -0.3 is 0 Å². The summed E-state index contributed by atoms with van der Waals surface area (Å²) < 4.78 is 0. The first kappa shape index (κ1) is 12.6. The van der Waals surface area contributed by atoms with E-state index in [4.69, 9.17) is 0 Å². The zero-order chi connectivity index (χ0) is 9.97. The minimum absolute atomic E-state index is 0. The normalized spacial score (nSPS) is 9.47. The Balaban J connectivity index is 0.00000112. The summed E-state index contributed by atoms with van der Waals surface area (Å²) in [5.41, 5.74) is 5.17. The van der Waals surface area contributed by atoms with Crippen molar-refractivity contribution >= 4 is 0 Å². The summed E-state index contributed by atoms with van der Waals surface area (Å²) in [7, 11) is 0. The maximum atomic E-state index is 3.10. The van der Waals surface area contributed by atoms with Gasteiger partial charge in [0.25, 0.3) is 0 Å². The second kappa shape index (κ2) is 5.58. The molecule has 2 aromatic carbocycles. The van der Waals surface area contributed by atoms with Crippen molar-refractivity contribution in [1.82, 2.24) is 0 Å². The van der Waals surface area contributed by atoms with Gasteiger partial charge in [-0.3, -0.25) is 0 Å². The average Bonchev–Trinajstić information content (AvgIpc) is 2.19. The van der Waals surface area contributed by atoms with Crippen LogP contribution in [0.25, 0.3) is 11.1 Å². The van der Waals surface area contributed by atoms with Gasteiger partial charge in [-0.25, -0.2) is 0 Å². The van der Waals surface area contributed by atoms with Crippen molar-refractivity contribution in [3.05, 3.63) is 59.7 Å². The molecule has 2 aromatic rings. The van der Waals surface area contributed by atoms with Crippen LogP contribution in [0, 0.1) is 19.9 Å². The minimum atomic E-state index is 0. The van der Waals surface area contributed by atoms with Crippen molar-refractivity contribution in [1.29, 1.82) is 0 Å². The summed E-state index contributed by atoms with van der Waals surface area (Å²) in [6, 6.07) is 17.7. The van der Waals surface area contributed by atoms with E-state index in [1.807, 2.05) is 18.2 Å². The molecule has 1 heteroatoms.